The summed E-state index contributed by atoms with van der Waals surface area (Å²) in [7, 11) is -3.91. The van der Waals surface area contributed by atoms with Crippen LogP contribution in [-0.4, -0.2) is 70.5 Å². The molecule has 0 aliphatic heterocycles. The van der Waals surface area contributed by atoms with E-state index in [4.69, 9.17) is 5.11 Å². The van der Waals surface area contributed by atoms with E-state index in [0.29, 0.717) is 16.7 Å². The van der Waals surface area contributed by atoms with Crippen molar-refractivity contribution in [3.63, 3.8) is 0 Å². The lowest BCUT2D eigenvalue weighted by Crippen LogP contribution is -2.33. The Bertz CT molecular complexity index is 1680. The molecule has 0 bridgehead atoms. The Hall–Kier alpha value is -4.27. The van der Waals surface area contributed by atoms with Crippen LogP contribution in [0.5, 0.6) is 0 Å². The number of nitrogens with zero attached hydrogens (tertiary/aromatic N) is 2. The van der Waals surface area contributed by atoms with Gasteiger partial charge in [-0.25, -0.2) is 22.2 Å². The van der Waals surface area contributed by atoms with Crippen LogP contribution in [0.3, 0.4) is 0 Å². The second-order valence-corrected chi connectivity index (χ2v) is 10.7. The average molecular weight is 574 g/mol. The predicted molar refractivity (Wildman–Crippen MR) is 142 cm³/mol. The predicted octanol–water partition coefficient (Wildman–Crippen LogP) is 2.37. The van der Waals surface area contributed by atoms with Crippen LogP contribution < -0.4 is 10.0 Å². The molecular formula is C26H25F2N5O6S. The lowest BCUT2D eigenvalue weighted by Gasteiger charge is -2.11. The first-order chi connectivity index (χ1) is 19.0. The number of hydrogen-bond acceptors (Lipinski definition) is 8. The number of rotatable bonds is 11. The van der Waals surface area contributed by atoms with Gasteiger partial charge in [-0.2, -0.15) is 5.10 Å². The fourth-order valence-corrected chi connectivity index (χ4v) is 5.00. The Kier molecular flexibility index (Phi) is 8.52. The first-order valence-corrected chi connectivity index (χ1v) is 13.7. The molecule has 11 nitrogen and oxygen atoms in total. The minimum absolute atomic E-state index is 0.121. The number of benzene rings is 2. The number of aliphatic hydroxyl groups excluding tert-OH is 2. The maximum absolute atomic E-state index is 15.2. The van der Waals surface area contributed by atoms with Gasteiger partial charge < -0.3 is 15.5 Å². The molecule has 4 rings (SSSR count). The molecule has 1 amide bonds. The van der Waals surface area contributed by atoms with Crippen molar-refractivity contribution in [1.82, 2.24) is 20.5 Å². The van der Waals surface area contributed by atoms with E-state index in [0.717, 1.165) is 12.1 Å². The fraction of sp³-hybridized carbons (Fsp3) is 0.231. The number of aromatic nitrogens is 3. The lowest BCUT2D eigenvalue weighted by molar-refractivity contribution is 0.0802. The van der Waals surface area contributed by atoms with Crippen LogP contribution >= 0.6 is 0 Å². The number of anilines is 1. The van der Waals surface area contributed by atoms with Gasteiger partial charge in [-0.3, -0.25) is 19.4 Å². The first-order valence-electron chi connectivity index (χ1n) is 12.1. The van der Waals surface area contributed by atoms with Gasteiger partial charge in [0.2, 0.25) is 15.8 Å². The highest BCUT2D eigenvalue weighted by atomic mass is 32.2. The van der Waals surface area contributed by atoms with Gasteiger partial charge in [0.1, 0.15) is 11.5 Å². The molecule has 14 heteroatoms. The quantitative estimate of drug-likeness (QED) is 0.170. The Morgan fingerprint density at radius 3 is 2.50 bits per heavy atom. The number of fused-ring (bicyclic) bond motifs is 1. The minimum atomic E-state index is -3.91. The fourth-order valence-electron chi connectivity index (χ4n) is 3.87. The molecule has 1 atom stereocenters. The molecule has 0 spiro atoms. The molecule has 2 aromatic heterocycles. The largest absolute Gasteiger partial charge is 0.394 e. The van der Waals surface area contributed by atoms with Crippen LogP contribution in [0.15, 0.2) is 48.7 Å². The van der Waals surface area contributed by atoms with Crippen LogP contribution in [0.1, 0.15) is 39.8 Å². The zero-order chi connectivity index (χ0) is 29.0. The molecule has 210 valence electrons. The van der Waals surface area contributed by atoms with E-state index in [2.05, 4.69) is 20.5 Å². The van der Waals surface area contributed by atoms with E-state index in [1.807, 2.05) is 4.72 Å². The summed E-state index contributed by atoms with van der Waals surface area (Å²) >= 11 is 0. The molecule has 40 heavy (non-hydrogen) atoms. The van der Waals surface area contributed by atoms with Crippen molar-refractivity contribution in [3.05, 3.63) is 77.1 Å². The van der Waals surface area contributed by atoms with Crippen molar-refractivity contribution in [2.75, 3.05) is 23.6 Å². The number of aliphatic hydroxyl groups is 2. The second-order valence-electron chi connectivity index (χ2n) is 8.85. The van der Waals surface area contributed by atoms with E-state index in [9.17, 15) is 27.5 Å². The number of carbonyl (C=O) groups is 2. The summed E-state index contributed by atoms with van der Waals surface area (Å²) in [4.78, 5) is 29.7. The highest BCUT2D eigenvalue weighted by molar-refractivity contribution is 7.92. The Labute approximate surface area is 227 Å². The van der Waals surface area contributed by atoms with Gasteiger partial charge in [-0.1, -0.05) is 19.1 Å². The molecule has 1 unspecified atom stereocenters. The van der Waals surface area contributed by atoms with Crippen molar-refractivity contribution < 1.29 is 37.0 Å². The second kappa shape index (κ2) is 11.9. The van der Waals surface area contributed by atoms with Gasteiger partial charge in [0.05, 0.1) is 35.1 Å². The van der Waals surface area contributed by atoms with Crippen LogP contribution in [0, 0.1) is 11.6 Å². The average Bonchev–Trinajstić information content (AvgIpc) is 3.36. The number of pyridine rings is 1. The SMILES string of the molecule is CCCS(=O)(=O)Nc1ccc(F)c(C(=O)c2n[nH]c3ncc(-c4ccc(C(=O)NCC(O)CO)cc4)cc23)c1F. The third-order valence-corrected chi connectivity index (χ3v) is 7.35. The molecule has 0 aliphatic carbocycles. The molecular weight excluding hydrogens is 548 g/mol. The molecule has 0 radical (unpaired) electrons. The topological polar surface area (TPSA) is 174 Å². The molecule has 0 aliphatic rings. The summed E-state index contributed by atoms with van der Waals surface area (Å²) in [6.07, 6.45) is 0.664. The van der Waals surface area contributed by atoms with Crippen molar-refractivity contribution in [2.24, 2.45) is 0 Å². The third-order valence-electron chi connectivity index (χ3n) is 5.88. The summed E-state index contributed by atoms with van der Waals surface area (Å²) in [5.74, 6) is -4.43. The number of carbonyl (C=O) groups excluding carboxylic acids is 2. The van der Waals surface area contributed by atoms with Gasteiger partial charge in [-0.15, -0.1) is 0 Å². The number of halogens is 2. The van der Waals surface area contributed by atoms with Crippen molar-refractivity contribution in [3.8, 4) is 11.1 Å². The summed E-state index contributed by atoms with van der Waals surface area (Å²) in [6, 6.07) is 9.51. The molecule has 0 fully saturated rings. The Morgan fingerprint density at radius 1 is 1.10 bits per heavy atom. The van der Waals surface area contributed by atoms with Gasteiger partial charge >= 0.3 is 0 Å². The van der Waals surface area contributed by atoms with Crippen LogP contribution in [-0.2, 0) is 10.0 Å². The monoisotopic (exact) mass is 573 g/mol. The summed E-state index contributed by atoms with van der Waals surface area (Å²) < 4.78 is 56.1. The number of amides is 1. The number of sulfonamides is 1. The molecule has 0 saturated heterocycles. The standard InChI is InChI=1S/C26H25F2N5O6S/c1-2-9-40(38,39)33-20-8-7-19(27)21(22(20)28)24(36)23-18-10-16(11-29-25(18)32-31-23)14-3-5-15(6-4-14)26(37)30-12-17(35)13-34/h3-8,10-11,17,33-35H,2,9,12-13H2,1H3,(H,30,37)(H,29,31,32). The smallest absolute Gasteiger partial charge is 0.251 e. The highest BCUT2D eigenvalue weighted by Gasteiger charge is 2.27. The van der Waals surface area contributed by atoms with Crippen LogP contribution in [0.4, 0.5) is 14.5 Å². The van der Waals surface area contributed by atoms with E-state index in [1.54, 1.807) is 19.1 Å². The van der Waals surface area contributed by atoms with Gasteiger partial charge in [0.25, 0.3) is 5.91 Å². The van der Waals surface area contributed by atoms with Gasteiger partial charge in [0, 0.05) is 23.9 Å². The van der Waals surface area contributed by atoms with Gasteiger partial charge in [-0.05, 0) is 42.3 Å². The molecule has 5 N–H and O–H groups in total. The van der Waals surface area contributed by atoms with Gasteiger partial charge in [0.15, 0.2) is 11.5 Å². The minimum Gasteiger partial charge on any atom is -0.394 e. The number of nitrogens with one attached hydrogen (secondary N) is 3. The van der Waals surface area contributed by atoms with E-state index in [-0.39, 0.29) is 35.4 Å². The maximum atomic E-state index is 15.2. The third kappa shape index (κ3) is 6.14. The summed E-state index contributed by atoms with van der Waals surface area (Å²) in [5, 5.41) is 27.3. The highest BCUT2D eigenvalue weighted by Crippen LogP contribution is 2.29. The molecule has 2 aromatic carbocycles. The normalized spacial score (nSPS) is 12.3. The lowest BCUT2D eigenvalue weighted by atomic mass is 10.0. The van der Waals surface area contributed by atoms with Crippen LogP contribution in [0.2, 0.25) is 0 Å². The first kappa shape index (κ1) is 28.7. The number of aromatic amines is 1. The Balaban J connectivity index is 1.64. The number of H-pyrrole nitrogens is 1. The Morgan fingerprint density at radius 2 is 1.82 bits per heavy atom. The molecule has 2 heterocycles. The number of ketones is 1. The van der Waals surface area contributed by atoms with Crippen LogP contribution in [0.25, 0.3) is 22.2 Å². The van der Waals surface area contributed by atoms with E-state index < -0.39 is 57.3 Å². The molecule has 0 saturated carbocycles. The van der Waals surface area contributed by atoms with Crippen molar-refractivity contribution >= 4 is 38.4 Å². The zero-order valence-electron chi connectivity index (χ0n) is 21.1. The van der Waals surface area contributed by atoms with E-state index >= 15 is 4.39 Å². The zero-order valence-corrected chi connectivity index (χ0v) is 21.9. The maximum Gasteiger partial charge on any atom is 0.251 e. The summed E-state index contributed by atoms with van der Waals surface area (Å²) in [5.41, 5.74) is -0.287. The molecule has 4 aromatic rings. The van der Waals surface area contributed by atoms with Crippen molar-refractivity contribution in [1.29, 1.82) is 0 Å². The van der Waals surface area contributed by atoms with E-state index in [1.165, 1.54) is 24.4 Å². The van der Waals surface area contributed by atoms with Crippen molar-refractivity contribution in [2.45, 2.75) is 19.4 Å². The number of hydrogen-bond donors (Lipinski definition) is 5. The summed E-state index contributed by atoms with van der Waals surface area (Å²) in [6.45, 7) is 1.01.